The first kappa shape index (κ1) is 18.5. The normalized spacial score (nSPS) is 13.4. The topological polar surface area (TPSA) is 46.2 Å². The van der Waals surface area contributed by atoms with Crippen molar-refractivity contribution in [2.24, 2.45) is 0 Å². The second-order valence-corrected chi connectivity index (χ2v) is 7.83. The zero-order chi connectivity index (χ0) is 16.0. The SMILES string of the molecule is CCCCCCC(C)NS(=O)(=O)c1cc(C)c(Cl)cc1C. The van der Waals surface area contributed by atoms with E-state index in [9.17, 15) is 8.42 Å². The number of hydrogen-bond donors (Lipinski definition) is 1. The summed E-state index contributed by atoms with van der Waals surface area (Å²) in [5.41, 5.74) is 1.45. The van der Waals surface area contributed by atoms with Gasteiger partial charge in [-0.25, -0.2) is 13.1 Å². The molecular formula is C16H26ClNO2S. The molecule has 3 nitrogen and oxygen atoms in total. The highest BCUT2D eigenvalue weighted by Crippen LogP contribution is 2.24. The molecule has 0 spiro atoms. The highest BCUT2D eigenvalue weighted by molar-refractivity contribution is 7.89. The lowest BCUT2D eigenvalue weighted by atomic mass is 10.1. The highest BCUT2D eigenvalue weighted by atomic mass is 35.5. The molecule has 0 aliphatic rings. The molecule has 1 atom stereocenters. The largest absolute Gasteiger partial charge is 0.241 e. The molecule has 0 aliphatic carbocycles. The average molecular weight is 332 g/mol. The van der Waals surface area contributed by atoms with Gasteiger partial charge in [0.25, 0.3) is 0 Å². The van der Waals surface area contributed by atoms with Crippen molar-refractivity contribution in [3.63, 3.8) is 0 Å². The van der Waals surface area contributed by atoms with E-state index >= 15 is 0 Å². The predicted octanol–water partition coefficient (Wildman–Crippen LogP) is 4.59. The number of hydrogen-bond acceptors (Lipinski definition) is 2. The quantitative estimate of drug-likeness (QED) is 0.708. The van der Waals surface area contributed by atoms with Gasteiger partial charge in [-0.1, -0.05) is 44.2 Å². The summed E-state index contributed by atoms with van der Waals surface area (Å²) in [4.78, 5) is 0.324. The molecule has 0 bridgehead atoms. The van der Waals surface area contributed by atoms with Gasteiger partial charge in [-0.15, -0.1) is 0 Å². The van der Waals surface area contributed by atoms with Crippen molar-refractivity contribution in [1.29, 1.82) is 0 Å². The molecule has 0 aliphatic heterocycles. The van der Waals surface area contributed by atoms with Crippen molar-refractivity contribution in [2.75, 3.05) is 0 Å². The van der Waals surface area contributed by atoms with Crippen LogP contribution in [0.5, 0.6) is 0 Å². The maximum atomic E-state index is 12.5. The molecule has 1 N–H and O–H groups in total. The molecule has 120 valence electrons. The first-order valence-electron chi connectivity index (χ1n) is 7.57. The van der Waals surface area contributed by atoms with E-state index in [1.165, 1.54) is 12.8 Å². The maximum absolute atomic E-state index is 12.5. The number of halogens is 1. The number of rotatable bonds is 8. The third kappa shape index (κ3) is 5.61. The van der Waals surface area contributed by atoms with Crippen molar-refractivity contribution in [3.05, 3.63) is 28.3 Å². The summed E-state index contributed by atoms with van der Waals surface area (Å²) in [5, 5.41) is 0.596. The summed E-state index contributed by atoms with van der Waals surface area (Å²) in [6, 6.07) is 3.29. The molecule has 0 fully saturated rings. The number of nitrogens with one attached hydrogen (secondary N) is 1. The van der Waals surface area contributed by atoms with Crippen LogP contribution in [-0.2, 0) is 10.0 Å². The number of aryl methyl sites for hydroxylation is 2. The lowest BCUT2D eigenvalue weighted by molar-refractivity contribution is 0.521. The van der Waals surface area contributed by atoms with Crippen LogP contribution in [0.3, 0.4) is 0 Å². The van der Waals surface area contributed by atoms with Gasteiger partial charge in [0.1, 0.15) is 0 Å². The van der Waals surface area contributed by atoms with E-state index in [0.717, 1.165) is 24.8 Å². The van der Waals surface area contributed by atoms with Gasteiger partial charge in [0.05, 0.1) is 4.90 Å². The fraction of sp³-hybridized carbons (Fsp3) is 0.625. The highest BCUT2D eigenvalue weighted by Gasteiger charge is 2.20. The monoisotopic (exact) mass is 331 g/mol. The van der Waals surface area contributed by atoms with Crippen LogP contribution in [0.2, 0.25) is 5.02 Å². The van der Waals surface area contributed by atoms with E-state index in [1.54, 1.807) is 19.1 Å². The zero-order valence-electron chi connectivity index (χ0n) is 13.4. The van der Waals surface area contributed by atoms with Gasteiger partial charge in [-0.2, -0.15) is 0 Å². The van der Waals surface area contributed by atoms with E-state index in [1.807, 2.05) is 13.8 Å². The van der Waals surface area contributed by atoms with Crippen molar-refractivity contribution >= 4 is 21.6 Å². The Labute approximate surface area is 134 Å². The summed E-state index contributed by atoms with van der Waals surface area (Å²) < 4.78 is 27.7. The molecule has 0 saturated heterocycles. The summed E-state index contributed by atoms with van der Waals surface area (Å²) >= 11 is 6.02. The van der Waals surface area contributed by atoms with Crippen molar-refractivity contribution in [3.8, 4) is 0 Å². The molecule has 21 heavy (non-hydrogen) atoms. The van der Waals surface area contributed by atoms with E-state index in [4.69, 9.17) is 11.6 Å². The molecule has 1 aromatic carbocycles. The van der Waals surface area contributed by atoms with Gasteiger partial charge in [-0.3, -0.25) is 0 Å². The first-order chi connectivity index (χ1) is 9.77. The van der Waals surface area contributed by atoms with E-state index in [0.29, 0.717) is 15.5 Å². The lowest BCUT2D eigenvalue weighted by Gasteiger charge is -2.16. The van der Waals surface area contributed by atoms with Crippen LogP contribution in [-0.4, -0.2) is 14.5 Å². The third-order valence-corrected chi connectivity index (χ3v) is 5.73. The molecule has 1 aromatic rings. The van der Waals surface area contributed by atoms with E-state index < -0.39 is 10.0 Å². The molecule has 0 amide bonds. The smallest absolute Gasteiger partial charge is 0.208 e. The number of sulfonamides is 1. The van der Waals surface area contributed by atoms with Gasteiger partial charge in [0, 0.05) is 11.1 Å². The maximum Gasteiger partial charge on any atom is 0.241 e. The minimum atomic E-state index is -3.48. The number of benzene rings is 1. The minimum absolute atomic E-state index is 0.0535. The molecule has 0 saturated carbocycles. The fourth-order valence-corrected chi connectivity index (χ4v) is 4.12. The summed E-state index contributed by atoms with van der Waals surface area (Å²) in [5.74, 6) is 0. The van der Waals surface area contributed by atoms with Crippen LogP contribution in [0, 0.1) is 13.8 Å². The Bertz CT molecular complexity index is 570. The van der Waals surface area contributed by atoms with E-state index in [-0.39, 0.29) is 6.04 Å². The summed E-state index contributed by atoms with van der Waals surface area (Å²) in [7, 11) is -3.48. The second-order valence-electron chi connectivity index (χ2n) is 5.74. The van der Waals surface area contributed by atoms with Gasteiger partial charge in [0.15, 0.2) is 0 Å². The third-order valence-electron chi connectivity index (χ3n) is 3.59. The first-order valence-corrected chi connectivity index (χ1v) is 9.43. The molecule has 0 radical (unpaired) electrons. The Morgan fingerprint density at radius 1 is 1.14 bits per heavy atom. The lowest BCUT2D eigenvalue weighted by Crippen LogP contribution is -2.33. The number of unbranched alkanes of at least 4 members (excludes halogenated alkanes) is 3. The molecule has 0 heterocycles. The Morgan fingerprint density at radius 2 is 1.81 bits per heavy atom. The summed E-state index contributed by atoms with van der Waals surface area (Å²) in [6.07, 6.45) is 5.46. The Morgan fingerprint density at radius 3 is 2.43 bits per heavy atom. The van der Waals surface area contributed by atoms with Crippen LogP contribution in [0.15, 0.2) is 17.0 Å². The van der Waals surface area contributed by atoms with Crippen molar-refractivity contribution in [1.82, 2.24) is 4.72 Å². The van der Waals surface area contributed by atoms with Crippen LogP contribution in [0.25, 0.3) is 0 Å². The molecular weight excluding hydrogens is 306 g/mol. The van der Waals surface area contributed by atoms with Crippen LogP contribution in [0.1, 0.15) is 57.1 Å². The zero-order valence-corrected chi connectivity index (χ0v) is 14.9. The molecule has 0 aromatic heterocycles. The Hall–Kier alpha value is -0.580. The molecule has 1 unspecified atom stereocenters. The van der Waals surface area contributed by atoms with Gasteiger partial charge >= 0.3 is 0 Å². The van der Waals surface area contributed by atoms with Gasteiger partial charge < -0.3 is 0 Å². The Balaban J connectivity index is 2.75. The summed E-state index contributed by atoms with van der Waals surface area (Å²) in [6.45, 7) is 7.67. The average Bonchev–Trinajstić information content (AvgIpc) is 2.38. The van der Waals surface area contributed by atoms with Crippen molar-refractivity contribution in [2.45, 2.75) is 70.7 Å². The minimum Gasteiger partial charge on any atom is -0.208 e. The molecule has 5 heteroatoms. The van der Waals surface area contributed by atoms with Crippen LogP contribution < -0.4 is 4.72 Å². The molecule has 1 rings (SSSR count). The van der Waals surface area contributed by atoms with Crippen molar-refractivity contribution < 1.29 is 8.42 Å². The van der Waals surface area contributed by atoms with E-state index in [2.05, 4.69) is 11.6 Å². The van der Waals surface area contributed by atoms with Gasteiger partial charge in [0.2, 0.25) is 10.0 Å². The second kappa shape index (κ2) is 8.16. The predicted molar refractivity (Wildman–Crippen MR) is 89.5 cm³/mol. The van der Waals surface area contributed by atoms with Crippen LogP contribution in [0.4, 0.5) is 0 Å². The van der Waals surface area contributed by atoms with Crippen LogP contribution >= 0.6 is 11.6 Å². The standard InChI is InChI=1S/C16H26ClNO2S/c1-5-6-7-8-9-14(4)18-21(19,20)16-11-12(2)15(17)10-13(16)3/h10-11,14,18H,5-9H2,1-4H3. The Kier molecular flexibility index (Phi) is 7.17. The fourth-order valence-electron chi connectivity index (χ4n) is 2.31. The van der Waals surface area contributed by atoms with Gasteiger partial charge in [-0.05, 0) is 50.5 Å².